The van der Waals surface area contributed by atoms with Gasteiger partial charge in [0.05, 0.1) is 0 Å². The highest BCUT2D eigenvalue weighted by atomic mass is 35.5. The van der Waals surface area contributed by atoms with Gasteiger partial charge in [-0.15, -0.1) is 0 Å². The van der Waals surface area contributed by atoms with E-state index in [0.29, 0.717) is 0 Å². The summed E-state index contributed by atoms with van der Waals surface area (Å²) in [5, 5.41) is 0.727. The van der Waals surface area contributed by atoms with Gasteiger partial charge in [0.25, 0.3) is 0 Å². The second-order valence-corrected chi connectivity index (χ2v) is 2.62. The van der Waals surface area contributed by atoms with Gasteiger partial charge >= 0.3 is 0 Å². The second kappa shape index (κ2) is 3.40. The average molecular weight is 165 g/mol. The van der Waals surface area contributed by atoms with E-state index in [0.717, 1.165) is 16.1 Å². The van der Waals surface area contributed by atoms with Crippen molar-refractivity contribution in [1.29, 1.82) is 0 Å². The standard InChI is InChI=1S/C10H9Cl/c1-3-8-5-6-10(11)7-9(8)4-2/h3-7H,1-2H2. The zero-order chi connectivity index (χ0) is 8.27. The summed E-state index contributed by atoms with van der Waals surface area (Å²) in [4.78, 5) is 0. The molecule has 0 unspecified atom stereocenters. The average Bonchev–Trinajstić information content (AvgIpc) is 2.04. The van der Waals surface area contributed by atoms with Crippen LogP contribution in [-0.2, 0) is 0 Å². The SMILES string of the molecule is C=Cc1ccc(Cl)cc1C=C. The molecule has 1 aromatic carbocycles. The molecule has 11 heavy (non-hydrogen) atoms. The molecular weight excluding hydrogens is 156 g/mol. The fraction of sp³-hybridized carbons (Fsp3) is 0. The van der Waals surface area contributed by atoms with Crippen LogP contribution in [0.25, 0.3) is 12.2 Å². The highest BCUT2D eigenvalue weighted by Crippen LogP contribution is 2.17. The summed E-state index contributed by atoms with van der Waals surface area (Å²) in [7, 11) is 0. The molecule has 0 spiro atoms. The predicted octanol–water partition coefficient (Wildman–Crippen LogP) is 3.63. The minimum atomic E-state index is 0.727. The molecule has 56 valence electrons. The Labute approximate surface area is 71.8 Å². The molecule has 0 radical (unpaired) electrons. The maximum absolute atomic E-state index is 5.77. The molecule has 0 heterocycles. The van der Waals surface area contributed by atoms with Crippen LogP contribution in [0.1, 0.15) is 11.1 Å². The van der Waals surface area contributed by atoms with Crippen LogP contribution in [0.15, 0.2) is 31.4 Å². The molecule has 1 rings (SSSR count). The smallest absolute Gasteiger partial charge is 0.0412 e. The van der Waals surface area contributed by atoms with Crippen molar-refractivity contribution in [3.63, 3.8) is 0 Å². The van der Waals surface area contributed by atoms with Crippen LogP contribution in [0.4, 0.5) is 0 Å². The molecule has 1 aromatic rings. The summed E-state index contributed by atoms with van der Waals surface area (Å²) in [6.45, 7) is 7.35. The summed E-state index contributed by atoms with van der Waals surface area (Å²) in [5.41, 5.74) is 2.08. The number of rotatable bonds is 2. The van der Waals surface area contributed by atoms with Crippen molar-refractivity contribution in [2.45, 2.75) is 0 Å². The van der Waals surface area contributed by atoms with Gasteiger partial charge in [0.15, 0.2) is 0 Å². The van der Waals surface area contributed by atoms with Gasteiger partial charge in [-0.1, -0.05) is 43.0 Å². The molecule has 0 N–H and O–H groups in total. The van der Waals surface area contributed by atoms with Crippen LogP contribution >= 0.6 is 11.6 Å². The fourth-order valence-electron chi connectivity index (χ4n) is 0.908. The van der Waals surface area contributed by atoms with Crippen molar-refractivity contribution in [1.82, 2.24) is 0 Å². The van der Waals surface area contributed by atoms with Crippen LogP contribution in [0.3, 0.4) is 0 Å². The van der Waals surface area contributed by atoms with Crippen molar-refractivity contribution in [2.24, 2.45) is 0 Å². The van der Waals surface area contributed by atoms with Crippen molar-refractivity contribution < 1.29 is 0 Å². The minimum absolute atomic E-state index is 0.727. The lowest BCUT2D eigenvalue weighted by Crippen LogP contribution is -1.78. The third kappa shape index (κ3) is 1.72. The number of benzene rings is 1. The highest BCUT2D eigenvalue weighted by Gasteiger charge is 1.94. The minimum Gasteiger partial charge on any atom is -0.0984 e. The Kier molecular flexibility index (Phi) is 2.50. The summed E-state index contributed by atoms with van der Waals surface area (Å²) in [6.07, 6.45) is 3.55. The molecule has 0 amide bonds. The fourth-order valence-corrected chi connectivity index (χ4v) is 1.09. The Morgan fingerprint density at radius 1 is 1.09 bits per heavy atom. The lowest BCUT2D eigenvalue weighted by Gasteiger charge is -1.99. The van der Waals surface area contributed by atoms with Crippen LogP contribution in [0.5, 0.6) is 0 Å². The summed E-state index contributed by atoms with van der Waals surface area (Å²) in [5.74, 6) is 0. The van der Waals surface area contributed by atoms with Crippen LogP contribution < -0.4 is 0 Å². The van der Waals surface area contributed by atoms with E-state index >= 15 is 0 Å². The Bertz CT molecular complexity index is 287. The van der Waals surface area contributed by atoms with E-state index in [1.807, 2.05) is 18.2 Å². The lowest BCUT2D eigenvalue weighted by atomic mass is 10.1. The van der Waals surface area contributed by atoms with Crippen LogP contribution in [0, 0.1) is 0 Å². The first-order valence-corrected chi connectivity index (χ1v) is 3.70. The molecule has 0 aliphatic carbocycles. The largest absolute Gasteiger partial charge is 0.0984 e. The Balaban J connectivity index is 3.26. The molecular formula is C10H9Cl. The molecule has 0 atom stereocenters. The van der Waals surface area contributed by atoms with Gasteiger partial charge in [0.2, 0.25) is 0 Å². The monoisotopic (exact) mass is 164 g/mol. The Morgan fingerprint density at radius 3 is 2.27 bits per heavy atom. The van der Waals surface area contributed by atoms with Gasteiger partial charge in [-0.3, -0.25) is 0 Å². The van der Waals surface area contributed by atoms with Crippen molar-refractivity contribution in [3.8, 4) is 0 Å². The number of hydrogen-bond donors (Lipinski definition) is 0. The maximum atomic E-state index is 5.77. The molecule has 0 aliphatic rings. The molecule has 0 saturated heterocycles. The van der Waals surface area contributed by atoms with Gasteiger partial charge in [-0.05, 0) is 23.3 Å². The zero-order valence-electron chi connectivity index (χ0n) is 6.18. The molecule has 0 bridgehead atoms. The Morgan fingerprint density at radius 2 is 1.73 bits per heavy atom. The first kappa shape index (κ1) is 8.09. The molecule has 0 aliphatic heterocycles. The van der Waals surface area contributed by atoms with E-state index in [1.54, 1.807) is 12.2 Å². The summed E-state index contributed by atoms with van der Waals surface area (Å²) < 4.78 is 0. The van der Waals surface area contributed by atoms with Gasteiger partial charge < -0.3 is 0 Å². The third-order valence-electron chi connectivity index (χ3n) is 1.49. The zero-order valence-corrected chi connectivity index (χ0v) is 6.93. The van der Waals surface area contributed by atoms with Crippen molar-refractivity contribution in [3.05, 3.63) is 47.5 Å². The van der Waals surface area contributed by atoms with E-state index in [2.05, 4.69) is 13.2 Å². The van der Waals surface area contributed by atoms with Gasteiger partial charge in [-0.2, -0.15) is 0 Å². The third-order valence-corrected chi connectivity index (χ3v) is 1.72. The number of hydrogen-bond acceptors (Lipinski definition) is 0. The van der Waals surface area contributed by atoms with E-state index in [9.17, 15) is 0 Å². The number of halogens is 1. The van der Waals surface area contributed by atoms with Gasteiger partial charge in [-0.25, -0.2) is 0 Å². The van der Waals surface area contributed by atoms with E-state index in [-0.39, 0.29) is 0 Å². The normalized spacial score (nSPS) is 9.18. The summed E-state index contributed by atoms with van der Waals surface area (Å²) >= 11 is 5.77. The van der Waals surface area contributed by atoms with Crippen molar-refractivity contribution >= 4 is 23.8 Å². The molecule has 0 saturated carbocycles. The highest BCUT2D eigenvalue weighted by molar-refractivity contribution is 6.30. The molecule has 1 heteroatoms. The molecule has 0 aromatic heterocycles. The summed E-state index contributed by atoms with van der Waals surface area (Å²) in [6, 6.07) is 5.63. The predicted molar refractivity (Wildman–Crippen MR) is 51.6 cm³/mol. The van der Waals surface area contributed by atoms with Gasteiger partial charge in [0.1, 0.15) is 0 Å². The van der Waals surface area contributed by atoms with Crippen LogP contribution in [-0.4, -0.2) is 0 Å². The van der Waals surface area contributed by atoms with E-state index < -0.39 is 0 Å². The van der Waals surface area contributed by atoms with E-state index in [4.69, 9.17) is 11.6 Å². The maximum Gasteiger partial charge on any atom is 0.0412 e. The quantitative estimate of drug-likeness (QED) is 0.626. The first-order chi connectivity index (χ1) is 5.27. The lowest BCUT2D eigenvalue weighted by molar-refractivity contribution is 1.62. The topological polar surface area (TPSA) is 0 Å². The van der Waals surface area contributed by atoms with Crippen LogP contribution in [0.2, 0.25) is 5.02 Å². The molecule has 0 fully saturated rings. The van der Waals surface area contributed by atoms with E-state index in [1.165, 1.54) is 0 Å². The molecule has 0 nitrogen and oxygen atoms in total. The second-order valence-electron chi connectivity index (χ2n) is 2.18. The first-order valence-electron chi connectivity index (χ1n) is 3.32. The van der Waals surface area contributed by atoms with Gasteiger partial charge in [0, 0.05) is 5.02 Å². The Hall–Kier alpha value is -1.01. The van der Waals surface area contributed by atoms with Crippen molar-refractivity contribution in [2.75, 3.05) is 0 Å².